The highest BCUT2D eigenvalue weighted by molar-refractivity contribution is 7.92. The van der Waals surface area contributed by atoms with Crippen LogP contribution in [0.25, 0.3) is 0 Å². The Hall–Kier alpha value is -2.63. The summed E-state index contributed by atoms with van der Waals surface area (Å²) in [6.07, 6.45) is -0.204. The van der Waals surface area contributed by atoms with Crippen LogP contribution in [0.5, 0.6) is 5.75 Å². The van der Waals surface area contributed by atoms with Gasteiger partial charge in [0.15, 0.2) is 10.7 Å². The zero-order chi connectivity index (χ0) is 24.5. The van der Waals surface area contributed by atoms with E-state index in [1.54, 1.807) is 30.9 Å². The van der Waals surface area contributed by atoms with Crippen molar-refractivity contribution in [1.82, 2.24) is 15.0 Å². The topological polar surface area (TPSA) is 125 Å². The van der Waals surface area contributed by atoms with Gasteiger partial charge in [0.2, 0.25) is 0 Å². The van der Waals surface area contributed by atoms with E-state index in [4.69, 9.17) is 9.26 Å². The third-order valence-corrected chi connectivity index (χ3v) is 7.32. The Morgan fingerprint density at radius 3 is 2.61 bits per heavy atom. The van der Waals surface area contributed by atoms with Crippen molar-refractivity contribution in [1.29, 1.82) is 0 Å². The van der Waals surface area contributed by atoms with Gasteiger partial charge in [0.05, 0.1) is 18.2 Å². The maximum atomic E-state index is 13.4. The average Bonchev–Trinajstić information content (AvgIpc) is 3.08. The van der Waals surface area contributed by atoms with E-state index in [-0.39, 0.29) is 52.1 Å². The highest BCUT2D eigenvalue weighted by Crippen LogP contribution is 2.32. The van der Waals surface area contributed by atoms with E-state index < -0.39 is 16.1 Å². The fraction of sp³-hybridized carbons (Fsp3) is 0.545. The molecule has 0 aliphatic carbocycles. The fourth-order valence-corrected chi connectivity index (χ4v) is 5.31. The number of likely N-dealkylation sites (N-methyl/N-ethyl adjacent to an activating group) is 1. The van der Waals surface area contributed by atoms with E-state index in [1.807, 2.05) is 25.9 Å². The van der Waals surface area contributed by atoms with Crippen molar-refractivity contribution in [3.63, 3.8) is 0 Å². The first-order valence-electron chi connectivity index (χ1n) is 10.8. The summed E-state index contributed by atoms with van der Waals surface area (Å²) in [7, 11) is -0.0882. The Morgan fingerprint density at radius 1 is 1.33 bits per heavy atom. The van der Waals surface area contributed by atoms with Gasteiger partial charge in [-0.2, -0.15) is 0 Å². The number of hydrogen-bond donors (Lipinski definition) is 2. The number of hydrogen-bond acceptors (Lipinski definition) is 8. The number of sulfonamides is 1. The lowest BCUT2D eigenvalue weighted by molar-refractivity contribution is 0.0363. The first kappa shape index (κ1) is 25.0. The second-order valence-corrected chi connectivity index (χ2v) is 10.5. The molecule has 1 amide bonds. The number of anilines is 1. The smallest absolute Gasteiger partial charge is 0.267 e. The quantitative estimate of drug-likeness (QED) is 0.615. The van der Waals surface area contributed by atoms with Crippen molar-refractivity contribution >= 4 is 21.6 Å². The van der Waals surface area contributed by atoms with E-state index in [2.05, 4.69) is 9.88 Å². The lowest BCUT2D eigenvalue weighted by Crippen LogP contribution is -2.49. The predicted molar refractivity (Wildman–Crippen MR) is 123 cm³/mol. The number of aromatic nitrogens is 1. The molecule has 0 unspecified atom stereocenters. The first-order valence-corrected chi connectivity index (χ1v) is 12.3. The lowest BCUT2D eigenvalue weighted by Gasteiger charge is -2.37. The largest absolute Gasteiger partial charge is 0.488 e. The van der Waals surface area contributed by atoms with E-state index in [0.717, 1.165) is 0 Å². The van der Waals surface area contributed by atoms with Crippen LogP contribution in [0.1, 0.15) is 35.7 Å². The molecule has 0 bridgehead atoms. The van der Waals surface area contributed by atoms with Crippen molar-refractivity contribution in [2.24, 2.45) is 5.92 Å². The maximum Gasteiger partial charge on any atom is 0.267 e. The molecule has 2 N–H and O–H groups in total. The summed E-state index contributed by atoms with van der Waals surface area (Å²) in [6, 6.07) is 4.21. The van der Waals surface area contributed by atoms with Gasteiger partial charge in [0.25, 0.3) is 15.9 Å². The molecule has 10 nitrogen and oxygen atoms in total. The van der Waals surface area contributed by atoms with Crippen LogP contribution in [0.4, 0.5) is 5.69 Å². The van der Waals surface area contributed by atoms with Crippen molar-refractivity contribution in [2.75, 3.05) is 38.5 Å². The molecule has 3 rings (SSSR count). The Kier molecular flexibility index (Phi) is 7.35. The molecule has 1 aromatic heterocycles. The molecule has 0 radical (unpaired) electrons. The van der Waals surface area contributed by atoms with Crippen LogP contribution < -0.4 is 9.46 Å². The molecular formula is C22H32N4O6S. The minimum Gasteiger partial charge on any atom is -0.488 e. The van der Waals surface area contributed by atoms with E-state index in [9.17, 15) is 18.3 Å². The molecular weight excluding hydrogens is 448 g/mol. The zero-order valence-corrected chi connectivity index (χ0v) is 20.6. The summed E-state index contributed by atoms with van der Waals surface area (Å²) in [6.45, 7) is 7.69. The molecule has 0 saturated heterocycles. The van der Waals surface area contributed by atoms with Crippen molar-refractivity contribution < 1.29 is 27.6 Å². The van der Waals surface area contributed by atoms with Gasteiger partial charge in [-0.3, -0.25) is 9.52 Å². The molecule has 2 aromatic rings. The predicted octanol–water partition coefficient (Wildman–Crippen LogP) is 1.87. The number of carbonyl (C=O) groups excluding carboxylic acids is 1. The average molecular weight is 481 g/mol. The molecule has 1 aromatic carbocycles. The van der Waals surface area contributed by atoms with Crippen molar-refractivity contribution in [3.8, 4) is 5.75 Å². The summed E-state index contributed by atoms with van der Waals surface area (Å²) >= 11 is 0. The summed E-state index contributed by atoms with van der Waals surface area (Å²) in [4.78, 5) is 17.0. The van der Waals surface area contributed by atoms with E-state index in [0.29, 0.717) is 18.8 Å². The minimum absolute atomic E-state index is 0.0104. The summed E-state index contributed by atoms with van der Waals surface area (Å²) < 4.78 is 39.6. The molecule has 0 spiro atoms. The summed E-state index contributed by atoms with van der Waals surface area (Å²) in [5.74, 6) is 0.222. The van der Waals surface area contributed by atoms with Gasteiger partial charge in [-0.15, -0.1) is 0 Å². The lowest BCUT2D eigenvalue weighted by atomic mass is 9.99. The fourth-order valence-electron chi connectivity index (χ4n) is 3.93. The van der Waals surface area contributed by atoms with Crippen LogP contribution >= 0.6 is 0 Å². The third-order valence-electron chi connectivity index (χ3n) is 5.70. The summed E-state index contributed by atoms with van der Waals surface area (Å²) in [5.41, 5.74) is 0.680. The van der Waals surface area contributed by atoms with Crippen LogP contribution in [-0.2, 0) is 10.0 Å². The van der Waals surface area contributed by atoms with Gasteiger partial charge in [0, 0.05) is 24.7 Å². The highest BCUT2D eigenvalue weighted by Gasteiger charge is 2.33. The Balaban J connectivity index is 2.03. The standard InChI is InChI=1S/C22H32N4O6S/c1-13-10-26(14(2)12-27)22(28)18-9-17(7-8-19(18)31-20(13)11-25(5)6)24-33(29,30)21-15(3)23-32-16(21)4/h7-9,13-14,20,24,27H,10-12H2,1-6H3/t13-,14-,20+/m1/s1. The van der Waals surface area contributed by atoms with Gasteiger partial charge in [-0.25, -0.2) is 8.42 Å². The monoisotopic (exact) mass is 480 g/mol. The van der Waals surface area contributed by atoms with Gasteiger partial charge >= 0.3 is 0 Å². The van der Waals surface area contributed by atoms with Crippen LogP contribution in [-0.4, -0.2) is 80.3 Å². The first-order chi connectivity index (χ1) is 15.4. The number of aliphatic hydroxyl groups excluding tert-OH is 1. The minimum atomic E-state index is -3.98. The summed E-state index contributed by atoms with van der Waals surface area (Å²) in [5, 5.41) is 13.4. The number of benzene rings is 1. The van der Waals surface area contributed by atoms with Gasteiger partial charge < -0.3 is 24.2 Å². The van der Waals surface area contributed by atoms with Crippen LogP contribution in [0.2, 0.25) is 0 Å². The SMILES string of the molecule is Cc1noc(C)c1S(=O)(=O)Nc1ccc2c(c1)C(=O)N([C@H](C)CO)C[C@@H](C)[C@H](CN(C)C)O2. The number of nitrogens with zero attached hydrogens (tertiary/aromatic N) is 3. The number of amides is 1. The highest BCUT2D eigenvalue weighted by atomic mass is 32.2. The molecule has 11 heteroatoms. The third kappa shape index (κ3) is 5.31. The zero-order valence-electron chi connectivity index (χ0n) is 19.8. The van der Waals surface area contributed by atoms with Crippen molar-refractivity contribution in [2.45, 2.75) is 44.7 Å². The second-order valence-electron chi connectivity index (χ2n) is 8.85. The van der Waals surface area contributed by atoms with Gasteiger partial charge in [0.1, 0.15) is 17.5 Å². The second kappa shape index (κ2) is 9.70. The Labute approximate surface area is 194 Å². The number of aliphatic hydroxyl groups is 1. The molecule has 3 atom stereocenters. The van der Waals surface area contributed by atoms with Crippen LogP contribution in [0.3, 0.4) is 0 Å². The maximum absolute atomic E-state index is 13.4. The van der Waals surface area contributed by atoms with Gasteiger partial charge in [-0.1, -0.05) is 12.1 Å². The van der Waals surface area contributed by atoms with Gasteiger partial charge in [-0.05, 0) is 53.1 Å². The number of ether oxygens (including phenoxy) is 1. The number of carbonyl (C=O) groups is 1. The van der Waals surface area contributed by atoms with Crippen LogP contribution in [0, 0.1) is 19.8 Å². The number of fused-ring (bicyclic) bond motifs is 1. The molecule has 0 saturated carbocycles. The number of aryl methyl sites for hydroxylation is 2. The van der Waals surface area contributed by atoms with Crippen molar-refractivity contribution in [3.05, 3.63) is 35.2 Å². The van der Waals surface area contributed by atoms with Crippen LogP contribution in [0.15, 0.2) is 27.6 Å². The normalized spacial score (nSPS) is 20.1. The Morgan fingerprint density at radius 2 is 2.03 bits per heavy atom. The van der Waals surface area contributed by atoms with E-state index >= 15 is 0 Å². The molecule has 2 heterocycles. The molecule has 1 aliphatic heterocycles. The number of nitrogens with one attached hydrogen (secondary N) is 1. The molecule has 0 fully saturated rings. The van der Waals surface area contributed by atoms with E-state index in [1.165, 1.54) is 13.0 Å². The number of rotatable bonds is 7. The molecule has 1 aliphatic rings. The molecule has 33 heavy (non-hydrogen) atoms. The Bertz CT molecular complexity index is 1090. The molecule has 182 valence electrons.